The molecule has 0 heterocycles. The molecule has 1 aromatic rings. The van der Waals surface area contributed by atoms with Crippen LogP contribution in [-0.4, -0.2) is 37.9 Å². The maximum atomic E-state index is 12.6. The number of nitrogens with zero attached hydrogens (tertiary/aromatic N) is 1. The lowest BCUT2D eigenvalue weighted by Gasteiger charge is -2.23. The smallest absolute Gasteiger partial charge is 0.462 e. The van der Waals surface area contributed by atoms with Crippen LogP contribution >= 0.6 is 0 Å². The summed E-state index contributed by atoms with van der Waals surface area (Å²) in [5.41, 5.74) is -7.18. The topological polar surface area (TPSA) is 113 Å². The number of nitrogens with one attached hydrogen (secondary N) is 1. The number of amides is 1. The van der Waals surface area contributed by atoms with Crippen LogP contribution < -0.4 is 5.32 Å². The molecule has 1 atom stereocenters. The number of esters is 1. The second-order valence-electron chi connectivity index (χ2n) is 6.96. The molecule has 0 aromatic heterocycles. The van der Waals surface area contributed by atoms with Gasteiger partial charge in [-0.15, -0.1) is 0 Å². The normalized spacial score (nSPS) is 17.2. The van der Waals surface area contributed by atoms with Gasteiger partial charge in [-0.05, 0) is 44.0 Å². The molecule has 29 heavy (non-hydrogen) atoms. The molecule has 1 aliphatic rings. The molecule has 0 bridgehead atoms. The van der Waals surface area contributed by atoms with Gasteiger partial charge < -0.3 is 10.1 Å². The van der Waals surface area contributed by atoms with Gasteiger partial charge in [0.2, 0.25) is 0 Å². The SMILES string of the molecule is CC(C#N)(COC(=O)C1CCCC1)NC(=O)c1ccc(S(=O)(=O)C(F)(F)F)cc1. The molecular formula is C18H19F3N2O5S. The minimum Gasteiger partial charge on any atom is -0.462 e. The maximum absolute atomic E-state index is 12.6. The first-order valence-electron chi connectivity index (χ1n) is 8.71. The first-order chi connectivity index (χ1) is 13.4. The van der Waals surface area contributed by atoms with Crippen molar-refractivity contribution in [2.24, 2.45) is 5.92 Å². The van der Waals surface area contributed by atoms with E-state index in [0.29, 0.717) is 25.0 Å². The second-order valence-corrected chi connectivity index (χ2v) is 8.90. The van der Waals surface area contributed by atoms with Crippen molar-refractivity contribution in [3.63, 3.8) is 0 Å². The number of ether oxygens (including phenoxy) is 1. The standard InChI is InChI=1S/C18H19F3N2O5S/c1-17(10-22,11-28-16(25)13-4-2-3-5-13)23-15(24)12-6-8-14(9-7-12)29(26,27)18(19,20)21/h6-9,13H,2-5,11H2,1H3,(H,23,24). The fraction of sp³-hybridized carbons (Fsp3) is 0.500. The number of hydrogen-bond acceptors (Lipinski definition) is 6. The van der Waals surface area contributed by atoms with Crippen molar-refractivity contribution in [2.75, 3.05) is 6.61 Å². The number of rotatable bonds is 6. The van der Waals surface area contributed by atoms with E-state index in [1.165, 1.54) is 6.92 Å². The Morgan fingerprint density at radius 1 is 1.21 bits per heavy atom. The fourth-order valence-electron chi connectivity index (χ4n) is 2.83. The Bertz CT molecular complexity index is 916. The summed E-state index contributed by atoms with van der Waals surface area (Å²) < 4.78 is 65.5. The van der Waals surface area contributed by atoms with Crippen LogP contribution in [0, 0.1) is 17.2 Å². The third kappa shape index (κ3) is 5.26. The lowest BCUT2D eigenvalue weighted by atomic mass is 10.0. The van der Waals surface area contributed by atoms with Crippen molar-refractivity contribution in [1.29, 1.82) is 5.26 Å². The van der Waals surface area contributed by atoms with Crippen molar-refractivity contribution >= 4 is 21.7 Å². The zero-order valence-electron chi connectivity index (χ0n) is 15.5. The van der Waals surface area contributed by atoms with Crippen LogP contribution in [-0.2, 0) is 19.4 Å². The third-order valence-electron chi connectivity index (χ3n) is 4.56. The quantitative estimate of drug-likeness (QED) is 0.692. The minimum atomic E-state index is -5.53. The van der Waals surface area contributed by atoms with Crippen molar-refractivity contribution < 1.29 is 35.9 Å². The van der Waals surface area contributed by atoms with Crippen LogP contribution in [0.25, 0.3) is 0 Å². The van der Waals surface area contributed by atoms with E-state index in [4.69, 9.17) is 4.74 Å². The molecule has 0 radical (unpaired) electrons. The molecule has 1 aliphatic carbocycles. The van der Waals surface area contributed by atoms with Gasteiger partial charge >= 0.3 is 11.5 Å². The summed E-state index contributed by atoms with van der Waals surface area (Å²) in [5, 5.41) is 11.7. The summed E-state index contributed by atoms with van der Waals surface area (Å²) in [4.78, 5) is 23.3. The summed E-state index contributed by atoms with van der Waals surface area (Å²) in [6.45, 7) is 0.931. The van der Waals surface area contributed by atoms with Crippen molar-refractivity contribution in [3.8, 4) is 6.07 Å². The van der Waals surface area contributed by atoms with E-state index >= 15 is 0 Å². The number of alkyl halides is 3. The molecule has 1 aromatic carbocycles. The van der Waals surface area contributed by atoms with Gasteiger partial charge in [-0.2, -0.15) is 18.4 Å². The summed E-state index contributed by atoms with van der Waals surface area (Å²) in [6, 6.07) is 4.93. The lowest BCUT2D eigenvalue weighted by molar-refractivity contribution is -0.149. The predicted molar refractivity (Wildman–Crippen MR) is 94.1 cm³/mol. The molecule has 1 saturated carbocycles. The Labute approximate surface area is 165 Å². The van der Waals surface area contributed by atoms with E-state index in [9.17, 15) is 36.4 Å². The van der Waals surface area contributed by atoms with Gasteiger partial charge in [0.1, 0.15) is 6.61 Å². The van der Waals surface area contributed by atoms with Crippen molar-refractivity contribution in [3.05, 3.63) is 29.8 Å². The van der Waals surface area contributed by atoms with E-state index in [2.05, 4.69) is 5.32 Å². The second kappa shape index (κ2) is 8.41. The molecule has 0 spiro atoms. The molecule has 2 rings (SSSR count). The summed E-state index contributed by atoms with van der Waals surface area (Å²) in [6.07, 6.45) is 3.27. The Kier molecular flexibility index (Phi) is 6.57. The molecule has 0 aliphatic heterocycles. The molecule has 1 N–H and O–H groups in total. The van der Waals surface area contributed by atoms with Crippen molar-refractivity contribution in [1.82, 2.24) is 5.32 Å². The number of hydrogen-bond donors (Lipinski definition) is 1. The van der Waals surface area contributed by atoms with E-state index in [0.717, 1.165) is 25.0 Å². The number of carbonyl (C=O) groups is 2. The maximum Gasteiger partial charge on any atom is 0.501 e. The number of halogens is 3. The molecule has 1 fully saturated rings. The Balaban J connectivity index is 2.05. The average molecular weight is 432 g/mol. The number of nitriles is 1. The predicted octanol–water partition coefficient (Wildman–Crippen LogP) is 2.73. The van der Waals surface area contributed by atoms with Crippen LogP contribution in [0.4, 0.5) is 13.2 Å². The largest absolute Gasteiger partial charge is 0.501 e. The van der Waals surface area contributed by atoms with Gasteiger partial charge in [0, 0.05) is 5.56 Å². The highest BCUT2D eigenvalue weighted by atomic mass is 32.2. The monoisotopic (exact) mass is 432 g/mol. The molecule has 158 valence electrons. The Morgan fingerprint density at radius 3 is 2.24 bits per heavy atom. The Hall–Kier alpha value is -2.61. The van der Waals surface area contributed by atoms with Crippen LogP contribution in [0.2, 0.25) is 0 Å². The number of carbonyl (C=O) groups excluding carboxylic acids is 2. The van der Waals surface area contributed by atoms with E-state index in [1.807, 2.05) is 6.07 Å². The van der Waals surface area contributed by atoms with Gasteiger partial charge in [-0.1, -0.05) is 12.8 Å². The zero-order chi connectivity index (χ0) is 21.9. The molecular weight excluding hydrogens is 413 g/mol. The van der Waals surface area contributed by atoms with E-state index in [1.54, 1.807) is 0 Å². The molecule has 7 nitrogen and oxygen atoms in total. The van der Waals surface area contributed by atoms with Gasteiger partial charge in [0.25, 0.3) is 15.7 Å². The highest BCUT2D eigenvalue weighted by Crippen LogP contribution is 2.30. The van der Waals surface area contributed by atoms with E-state index in [-0.39, 0.29) is 11.5 Å². The molecule has 1 amide bonds. The summed E-state index contributed by atoms with van der Waals surface area (Å²) >= 11 is 0. The Morgan fingerprint density at radius 2 is 1.76 bits per heavy atom. The van der Waals surface area contributed by atoms with Gasteiger partial charge in [-0.25, -0.2) is 8.42 Å². The first-order valence-corrected chi connectivity index (χ1v) is 10.2. The van der Waals surface area contributed by atoms with Crippen LogP contribution in [0.5, 0.6) is 0 Å². The minimum absolute atomic E-state index is 0.158. The molecule has 0 saturated heterocycles. The van der Waals surface area contributed by atoms with Gasteiger partial charge in [-0.3, -0.25) is 9.59 Å². The average Bonchev–Trinajstić information content (AvgIpc) is 3.20. The fourth-order valence-corrected chi connectivity index (χ4v) is 3.59. The van der Waals surface area contributed by atoms with Crippen LogP contribution in [0.3, 0.4) is 0 Å². The van der Waals surface area contributed by atoms with E-state index < -0.39 is 44.3 Å². The summed E-state index contributed by atoms with van der Waals surface area (Å²) in [5.74, 6) is -1.50. The number of sulfone groups is 1. The zero-order valence-corrected chi connectivity index (χ0v) is 16.3. The molecule has 1 unspecified atom stereocenters. The highest BCUT2D eigenvalue weighted by molar-refractivity contribution is 7.92. The van der Waals surface area contributed by atoms with Gasteiger partial charge in [0.05, 0.1) is 16.9 Å². The van der Waals surface area contributed by atoms with Crippen LogP contribution in [0.1, 0.15) is 43.0 Å². The third-order valence-corrected chi connectivity index (χ3v) is 6.06. The number of benzene rings is 1. The van der Waals surface area contributed by atoms with Crippen LogP contribution in [0.15, 0.2) is 29.2 Å². The van der Waals surface area contributed by atoms with Crippen molar-refractivity contribution in [2.45, 2.75) is 48.5 Å². The first kappa shape index (κ1) is 22.7. The van der Waals surface area contributed by atoms with Gasteiger partial charge in [0.15, 0.2) is 5.54 Å². The highest BCUT2D eigenvalue weighted by Gasteiger charge is 2.46. The summed E-state index contributed by atoms with van der Waals surface area (Å²) in [7, 11) is -5.53. The lowest BCUT2D eigenvalue weighted by Crippen LogP contribution is -2.49. The molecule has 11 heteroatoms.